The predicted molar refractivity (Wildman–Crippen MR) is 109 cm³/mol. The number of ether oxygens (including phenoxy) is 1. The Morgan fingerprint density at radius 3 is 2.44 bits per heavy atom. The molecule has 0 aliphatic rings. The third-order valence-corrected chi connectivity index (χ3v) is 4.10. The molecule has 0 unspecified atom stereocenters. The number of aliphatic imine (C=N–C) groups is 1. The van der Waals surface area contributed by atoms with Crippen LogP contribution in [0.1, 0.15) is 27.0 Å². The summed E-state index contributed by atoms with van der Waals surface area (Å²) >= 11 is 0. The first-order valence-corrected chi connectivity index (χ1v) is 8.96. The van der Waals surface area contributed by atoms with Crippen molar-refractivity contribution in [2.24, 2.45) is 4.99 Å². The number of carbonyl (C=O) groups excluding carboxylic acids is 1. The van der Waals surface area contributed by atoms with Crippen molar-refractivity contribution in [2.45, 2.75) is 20.4 Å². The van der Waals surface area contributed by atoms with E-state index in [2.05, 4.69) is 27.0 Å². The normalized spacial score (nSPS) is 11.0. The van der Waals surface area contributed by atoms with Crippen molar-refractivity contribution >= 4 is 11.9 Å². The van der Waals surface area contributed by atoms with Crippen LogP contribution in [0, 0.1) is 13.8 Å². The molecule has 27 heavy (non-hydrogen) atoms. The largest absolute Gasteiger partial charge is 0.496 e. The number of nitrogens with zero attached hydrogens (tertiary/aromatic N) is 1. The number of guanidine groups is 1. The number of rotatable bonds is 7. The van der Waals surface area contributed by atoms with Gasteiger partial charge in [0.2, 0.25) is 0 Å². The van der Waals surface area contributed by atoms with Crippen LogP contribution in [0.4, 0.5) is 0 Å². The Balaban J connectivity index is 1.77. The highest BCUT2D eigenvalue weighted by atomic mass is 16.5. The van der Waals surface area contributed by atoms with E-state index in [-0.39, 0.29) is 5.91 Å². The van der Waals surface area contributed by atoms with Gasteiger partial charge in [0.1, 0.15) is 5.75 Å². The number of aryl methyl sites for hydroxylation is 2. The molecule has 2 rings (SSSR count). The highest BCUT2D eigenvalue weighted by Crippen LogP contribution is 2.19. The third kappa shape index (κ3) is 6.33. The van der Waals surface area contributed by atoms with Gasteiger partial charge in [-0.2, -0.15) is 0 Å². The number of nitrogens with one attached hydrogen (secondary N) is 3. The molecule has 2 aromatic rings. The van der Waals surface area contributed by atoms with Crippen LogP contribution in [0.2, 0.25) is 0 Å². The van der Waals surface area contributed by atoms with Crippen molar-refractivity contribution in [1.82, 2.24) is 16.0 Å². The molecule has 0 saturated heterocycles. The number of hydrogen-bond acceptors (Lipinski definition) is 3. The molecule has 6 nitrogen and oxygen atoms in total. The highest BCUT2D eigenvalue weighted by molar-refractivity contribution is 5.94. The molecule has 0 aliphatic heterocycles. The van der Waals surface area contributed by atoms with Gasteiger partial charge in [0, 0.05) is 37.8 Å². The maximum atomic E-state index is 12.1. The van der Waals surface area contributed by atoms with Gasteiger partial charge < -0.3 is 20.7 Å². The molecule has 0 spiro atoms. The lowest BCUT2D eigenvalue weighted by molar-refractivity contribution is 0.0954. The van der Waals surface area contributed by atoms with Gasteiger partial charge in [0.25, 0.3) is 5.91 Å². The summed E-state index contributed by atoms with van der Waals surface area (Å²) in [5, 5.41) is 9.34. The SMILES string of the molecule is CN=C(NCCNC(=O)c1cccc(C)c1)NCc1ccc(C)cc1OC. The minimum Gasteiger partial charge on any atom is -0.496 e. The number of hydrogen-bond donors (Lipinski definition) is 3. The molecule has 0 saturated carbocycles. The lowest BCUT2D eigenvalue weighted by Gasteiger charge is -2.14. The van der Waals surface area contributed by atoms with E-state index >= 15 is 0 Å². The monoisotopic (exact) mass is 368 g/mol. The minimum absolute atomic E-state index is 0.0761. The lowest BCUT2D eigenvalue weighted by atomic mass is 10.1. The van der Waals surface area contributed by atoms with Gasteiger partial charge in [0.05, 0.1) is 7.11 Å². The van der Waals surface area contributed by atoms with Crippen molar-refractivity contribution in [3.63, 3.8) is 0 Å². The molecule has 0 radical (unpaired) electrons. The molecule has 6 heteroatoms. The molecule has 0 atom stereocenters. The summed E-state index contributed by atoms with van der Waals surface area (Å²) in [7, 11) is 3.38. The Morgan fingerprint density at radius 1 is 1.00 bits per heavy atom. The maximum absolute atomic E-state index is 12.1. The summed E-state index contributed by atoms with van der Waals surface area (Å²) in [5.74, 6) is 1.44. The van der Waals surface area contributed by atoms with Crippen molar-refractivity contribution in [3.05, 3.63) is 64.7 Å². The van der Waals surface area contributed by atoms with E-state index in [9.17, 15) is 4.79 Å². The first-order chi connectivity index (χ1) is 13.0. The standard InChI is InChI=1S/C21H28N4O2/c1-15-6-5-7-17(12-15)20(26)23-10-11-24-21(22-3)25-14-18-9-8-16(2)13-19(18)27-4/h5-9,12-13H,10-11,14H2,1-4H3,(H,23,26)(H2,22,24,25). The highest BCUT2D eigenvalue weighted by Gasteiger charge is 2.06. The van der Waals surface area contributed by atoms with E-state index < -0.39 is 0 Å². The van der Waals surface area contributed by atoms with Crippen molar-refractivity contribution in [1.29, 1.82) is 0 Å². The van der Waals surface area contributed by atoms with Gasteiger partial charge in [-0.1, -0.05) is 29.8 Å². The molecule has 3 N–H and O–H groups in total. The number of carbonyl (C=O) groups is 1. The Morgan fingerprint density at radius 2 is 1.74 bits per heavy atom. The number of benzene rings is 2. The predicted octanol–water partition coefficient (Wildman–Crippen LogP) is 2.41. The Kier molecular flexibility index (Phi) is 7.67. The zero-order valence-electron chi connectivity index (χ0n) is 16.4. The second-order valence-corrected chi connectivity index (χ2v) is 6.29. The lowest BCUT2D eigenvalue weighted by Crippen LogP contribution is -2.41. The van der Waals surface area contributed by atoms with E-state index in [1.807, 2.05) is 50.2 Å². The minimum atomic E-state index is -0.0761. The summed E-state index contributed by atoms with van der Waals surface area (Å²) in [6, 6.07) is 13.6. The molecule has 0 bridgehead atoms. The van der Waals surface area contributed by atoms with Gasteiger partial charge in [0.15, 0.2) is 5.96 Å². The van der Waals surface area contributed by atoms with E-state index in [0.29, 0.717) is 31.2 Å². The zero-order valence-corrected chi connectivity index (χ0v) is 16.4. The second kappa shape index (κ2) is 10.2. The van der Waals surface area contributed by atoms with Crippen LogP contribution in [0.15, 0.2) is 47.5 Å². The molecule has 2 aromatic carbocycles. The maximum Gasteiger partial charge on any atom is 0.251 e. The van der Waals surface area contributed by atoms with Crippen molar-refractivity contribution in [3.8, 4) is 5.75 Å². The van der Waals surface area contributed by atoms with Gasteiger partial charge in [-0.15, -0.1) is 0 Å². The van der Waals surface area contributed by atoms with Crippen LogP contribution in [0.25, 0.3) is 0 Å². The van der Waals surface area contributed by atoms with Crippen LogP contribution in [-0.4, -0.2) is 39.1 Å². The second-order valence-electron chi connectivity index (χ2n) is 6.29. The molecular formula is C21H28N4O2. The number of amides is 1. The summed E-state index contributed by atoms with van der Waals surface area (Å²) in [6.45, 7) is 5.67. The van der Waals surface area contributed by atoms with E-state index in [1.54, 1.807) is 14.2 Å². The molecule has 0 heterocycles. The summed E-state index contributed by atoms with van der Waals surface area (Å²) < 4.78 is 5.42. The van der Waals surface area contributed by atoms with Crippen LogP contribution < -0.4 is 20.7 Å². The molecular weight excluding hydrogens is 340 g/mol. The Hall–Kier alpha value is -3.02. The van der Waals surface area contributed by atoms with Crippen molar-refractivity contribution < 1.29 is 9.53 Å². The van der Waals surface area contributed by atoms with Crippen LogP contribution in [-0.2, 0) is 6.54 Å². The smallest absolute Gasteiger partial charge is 0.251 e. The fourth-order valence-electron chi connectivity index (χ4n) is 2.64. The molecule has 144 valence electrons. The average Bonchev–Trinajstić information content (AvgIpc) is 2.67. The summed E-state index contributed by atoms with van der Waals surface area (Å²) in [4.78, 5) is 16.3. The topological polar surface area (TPSA) is 74.8 Å². The summed E-state index contributed by atoms with van der Waals surface area (Å²) in [5.41, 5.74) is 3.95. The van der Waals surface area contributed by atoms with Crippen LogP contribution >= 0.6 is 0 Å². The van der Waals surface area contributed by atoms with Crippen LogP contribution in [0.3, 0.4) is 0 Å². The fourth-order valence-corrected chi connectivity index (χ4v) is 2.64. The molecule has 1 amide bonds. The summed E-state index contributed by atoms with van der Waals surface area (Å²) in [6.07, 6.45) is 0. The van der Waals surface area contributed by atoms with Crippen molar-refractivity contribution in [2.75, 3.05) is 27.2 Å². The van der Waals surface area contributed by atoms with Crippen LogP contribution in [0.5, 0.6) is 5.75 Å². The Bertz CT molecular complexity index is 803. The fraction of sp³-hybridized carbons (Fsp3) is 0.333. The van der Waals surface area contributed by atoms with Gasteiger partial charge in [-0.05, 0) is 37.6 Å². The van der Waals surface area contributed by atoms with Gasteiger partial charge in [-0.3, -0.25) is 9.79 Å². The average molecular weight is 368 g/mol. The van der Waals surface area contributed by atoms with E-state index in [1.165, 1.54) is 0 Å². The number of methoxy groups -OCH3 is 1. The van der Waals surface area contributed by atoms with E-state index in [4.69, 9.17) is 4.74 Å². The molecule has 0 aromatic heterocycles. The quantitative estimate of drug-likeness (QED) is 0.399. The first kappa shape index (κ1) is 20.3. The Labute approximate surface area is 161 Å². The zero-order chi connectivity index (χ0) is 19.6. The third-order valence-electron chi connectivity index (χ3n) is 4.10. The molecule has 0 aliphatic carbocycles. The van der Waals surface area contributed by atoms with Gasteiger partial charge in [-0.25, -0.2) is 0 Å². The van der Waals surface area contributed by atoms with E-state index in [0.717, 1.165) is 22.4 Å². The first-order valence-electron chi connectivity index (χ1n) is 8.96. The van der Waals surface area contributed by atoms with Gasteiger partial charge >= 0.3 is 0 Å². The molecule has 0 fully saturated rings.